The predicted molar refractivity (Wildman–Crippen MR) is 73.4 cm³/mol. The Labute approximate surface area is 107 Å². The number of aryl methyl sites for hydroxylation is 1. The smallest absolute Gasteiger partial charge is 0.123 e. The lowest BCUT2D eigenvalue weighted by Gasteiger charge is -2.19. The fourth-order valence-electron chi connectivity index (χ4n) is 1.42. The van der Waals surface area contributed by atoms with Gasteiger partial charge in [0.1, 0.15) is 5.75 Å². The van der Waals surface area contributed by atoms with Crippen molar-refractivity contribution in [3.63, 3.8) is 0 Å². The highest BCUT2D eigenvalue weighted by Gasteiger charge is 2.10. The van der Waals surface area contributed by atoms with Gasteiger partial charge in [-0.2, -0.15) is 0 Å². The van der Waals surface area contributed by atoms with Crippen molar-refractivity contribution in [1.29, 1.82) is 0 Å². The zero-order valence-corrected chi connectivity index (χ0v) is 12.2. The molecule has 1 nitrogen and oxygen atoms in total. The first-order valence-electron chi connectivity index (χ1n) is 5.71. The largest absolute Gasteiger partial charge is 0.493 e. The van der Waals surface area contributed by atoms with Crippen LogP contribution in [0.2, 0.25) is 0 Å². The molecule has 0 heterocycles. The van der Waals surface area contributed by atoms with Gasteiger partial charge < -0.3 is 4.74 Å². The molecule has 0 aliphatic heterocycles. The molecule has 1 rings (SSSR count). The van der Waals surface area contributed by atoms with Crippen molar-refractivity contribution < 1.29 is 4.74 Å². The van der Waals surface area contributed by atoms with Crippen LogP contribution in [0.25, 0.3) is 0 Å². The minimum Gasteiger partial charge on any atom is -0.493 e. The second-order valence-corrected chi connectivity index (χ2v) is 5.96. The lowest BCUT2D eigenvalue weighted by atomic mass is 9.93. The van der Waals surface area contributed by atoms with E-state index in [1.807, 2.05) is 0 Å². The van der Waals surface area contributed by atoms with E-state index in [1.165, 1.54) is 11.1 Å². The number of alkyl halides is 1. The molecule has 0 saturated carbocycles. The van der Waals surface area contributed by atoms with E-state index in [2.05, 4.69) is 61.8 Å². The first-order valence-corrected chi connectivity index (χ1v) is 6.83. The molecule has 2 heteroatoms. The summed E-state index contributed by atoms with van der Waals surface area (Å²) in [4.78, 5) is 0. The van der Waals surface area contributed by atoms with Gasteiger partial charge in [-0.05, 0) is 24.8 Å². The summed E-state index contributed by atoms with van der Waals surface area (Å²) < 4.78 is 5.83. The number of rotatable bonds is 4. The average Bonchev–Trinajstić information content (AvgIpc) is 2.18. The van der Waals surface area contributed by atoms with E-state index in [-0.39, 0.29) is 0 Å². The maximum atomic E-state index is 5.83. The van der Waals surface area contributed by atoms with Gasteiger partial charge in [-0.1, -0.05) is 54.4 Å². The van der Waals surface area contributed by atoms with Crippen LogP contribution in [0, 0.1) is 12.3 Å². The zero-order valence-electron chi connectivity index (χ0n) is 10.6. The number of hydrogen-bond acceptors (Lipinski definition) is 1. The van der Waals surface area contributed by atoms with E-state index >= 15 is 0 Å². The van der Waals surface area contributed by atoms with Crippen LogP contribution >= 0.6 is 15.9 Å². The molecule has 90 valence electrons. The summed E-state index contributed by atoms with van der Waals surface area (Å²) in [5.74, 6) is 1.01. The van der Waals surface area contributed by atoms with Gasteiger partial charge in [0.25, 0.3) is 0 Å². The molecular formula is C14H21BrO. The van der Waals surface area contributed by atoms with Gasteiger partial charge in [-0.15, -0.1) is 0 Å². The molecule has 0 saturated heterocycles. The Morgan fingerprint density at radius 2 is 1.94 bits per heavy atom. The number of ether oxygens (including phenoxy) is 1. The topological polar surface area (TPSA) is 9.23 Å². The Balaban J connectivity index is 2.60. The van der Waals surface area contributed by atoms with Gasteiger partial charge >= 0.3 is 0 Å². The predicted octanol–water partition coefficient (Wildman–Crippen LogP) is 4.70. The normalized spacial score (nSPS) is 11.6. The van der Waals surface area contributed by atoms with E-state index in [9.17, 15) is 0 Å². The molecule has 0 aromatic heterocycles. The number of benzene rings is 1. The maximum Gasteiger partial charge on any atom is 0.123 e. The molecule has 0 fully saturated rings. The van der Waals surface area contributed by atoms with Crippen LogP contribution in [0.3, 0.4) is 0 Å². The third kappa shape index (κ3) is 4.56. The Kier molecular flexibility index (Phi) is 4.85. The summed E-state index contributed by atoms with van der Waals surface area (Å²) in [6, 6.07) is 6.33. The molecule has 0 amide bonds. The molecule has 0 aliphatic carbocycles. The van der Waals surface area contributed by atoms with E-state index in [0.29, 0.717) is 5.41 Å². The van der Waals surface area contributed by atoms with Crippen molar-refractivity contribution in [3.05, 3.63) is 29.3 Å². The molecule has 16 heavy (non-hydrogen) atoms. The summed E-state index contributed by atoms with van der Waals surface area (Å²) >= 11 is 3.49. The second-order valence-electron chi connectivity index (χ2n) is 5.40. The van der Waals surface area contributed by atoms with Gasteiger partial charge in [0.05, 0.1) is 6.61 Å². The summed E-state index contributed by atoms with van der Waals surface area (Å²) in [7, 11) is 0. The van der Waals surface area contributed by atoms with Gasteiger partial charge in [0.2, 0.25) is 0 Å². The highest BCUT2D eigenvalue weighted by atomic mass is 79.9. The van der Waals surface area contributed by atoms with Crippen LogP contribution in [0.4, 0.5) is 0 Å². The van der Waals surface area contributed by atoms with Crippen molar-refractivity contribution in [2.75, 3.05) is 6.61 Å². The fraction of sp³-hybridized carbons (Fsp3) is 0.571. The molecule has 1 aromatic carbocycles. The minimum absolute atomic E-state index is 0.333. The zero-order chi connectivity index (χ0) is 12.2. The molecular weight excluding hydrogens is 264 g/mol. The van der Waals surface area contributed by atoms with E-state index < -0.39 is 0 Å². The average molecular weight is 285 g/mol. The van der Waals surface area contributed by atoms with Gasteiger partial charge in [-0.3, -0.25) is 0 Å². The second kappa shape index (κ2) is 5.72. The van der Waals surface area contributed by atoms with Gasteiger partial charge in [0.15, 0.2) is 0 Å². The van der Waals surface area contributed by atoms with Crippen LogP contribution in [-0.4, -0.2) is 6.61 Å². The Morgan fingerprint density at radius 3 is 2.50 bits per heavy atom. The summed E-state index contributed by atoms with van der Waals surface area (Å²) in [6.07, 6.45) is 1.07. The monoisotopic (exact) mass is 284 g/mol. The van der Waals surface area contributed by atoms with Gasteiger partial charge in [-0.25, -0.2) is 0 Å². The molecule has 0 N–H and O–H groups in total. The Hall–Kier alpha value is -0.500. The lowest BCUT2D eigenvalue weighted by molar-refractivity contribution is 0.242. The Bertz CT molecular complexity index is 339. The third-order valence-electron chi connectivity index (χ3n) is 2.47. The highest BCUT2D eigenvalue weighted by Crippen LogP contribution is 2.24. The molecule has 0 unspecified atom stereocenters. The lowest BCUT2D eigenvalue weighted by Crippen LogP contribution is -2.11. The van der Waals surface area contributed by atoms with Crippen molar-refractivity contribution in [3.8, 4) is 5.75 Å². The quantitative estimate of drug-likeness (QED) is 0.728. The van der Waals surface area contributed by atoms with Crippen LogP contribution in [0.15, 0.2) is 18.2 Å². The maximum absolute atomic E-state index is 5.83. The van der Waals surface area contributed by atoms with Crippen molar-refractivity contribution in [2.24, 2.45) is 5.41 Å². The molecule has 0 spiro atoms. The first kappa shape index (κ1) is 13.6. The van der Waals surface area contributed by atoms with Crippen LogP contribution < -0.4 is 4.74 Å². The summed E-state index contributed by atoms with van der Waals surface area (Å²) in [5, 5.41) is 0.847. The van der Waals surface area contributed by atoms with E-state index in [4.69, 9.17) is 4.74 Å². The van der Waals surface area contributed by atoms with E-state index in [0.717, 1.165) is 24.1 Å². The van der Waals surface area contributed by atoms with Crippen LogP contribution in [-0.2, 0) is 5.33 Å². The number of halogens is 1. The van der Waals surface area contributed by atoms with Crippen LogP contribution in [0.1, 0.15) is 38.3 Å². The van der Waals surface area contributed by atoms with Gasteiger partial charge in [0, 0.05) is 10.9 Å². The number of hydrogen-bond donors (Lipinski definition) is 0. The van der Waals surface area contributed by atoms with Crippen molar-refractivity contribution in [2.45, 2.75) is 39.4 Å². The summed E-state index contributed by atoms with van der Waals surface area (Å²) in [6.45, 7) is 9.59. The molecule has 1 aromatic rings. The fourth-order valence-corrected chi connectivity index (χ4v) is 1.86. The first-order chi connectivity index (χ1) is 7.42. The molecule has 0 bridgehead atoms. The summed E-state index contributed by atoms with van der Waals surface area (Å²) in [5.41, 5.74) is 2.84. The molecule has 0 atom stereocenters. The van der Waals surface area contributed by atoms with Crippen molar-refractivity contribution >= 4 is 15.9 Å². The Morgan fingerprint density at radius 1 is 1.25 bits per heavy atom. The van der Waals surface area contributed by atoms with E-state index in [1.54, 1.807) is 0 Å². The SMILES string of the molecule is Cc1ccc(OCCC(C)(C)C)c(CBr)c1. The minimum atomic E-state index is 0.333. The van der Waals surface area contributed by atoms with Crippen molar-refractivity contribution in [1.82, 2.24) is 0 Å². The molecule has 0 aliphatic rings. The standard InChI is InChI=1S/C14H21BrO/c1-11-5-6-13(12(9-11)10-15)16-8-7-14(2,3)4/h5-6,9H,7-8,10H2,1-4H3. The third-order valence-corrected chi connectivity index (χ3v) is 3.07. The van der Waals surface area contributed by atoms with Crippen LogP contribution in [0.5, 0.6) is 5.75 Å². The molecule has 0 radical (unpaired) electrons. The highest BCUT2D eigenvalue weighted by molar-refractivity contribution is 9.08.